The van der Waals surface area contributed by atoms with Crippen molar-refractivity contribution in [2.24, 2.45) is 0 Å². The van der Waals surface area contributed by atoms with Crippen LogP contribution in [0.25, 0.3) is 0 Å². The van der Waals surface area contributed by atoms with E-state index in [1.807, 2.05) is 4.57 Å². The van der Waals surface area contributed by atoms with Gasteiger partial charge in [-0.2, -0.15) is 0 Å². The van der Waals surface area contributed by atoms with Crippen molar-refractivity contribution in [2.75, 3.05) is 27.4 Å². The van der Waals surface area contributed by atoms with E-state index in [2.05, 4.69) is 10.2 Å². The molecule has 1 rings (SSSR count). The third-order valence-corrected chi connectivity index (χ3v) is 2.31. The number of hydrogen-bond donors (Lipinski definition) is 0. The summed E-state index contributed by atoms with van der Waals surface area (Å²) in [5, 5.41) is 8.08. The van der Waals surface area contributed by atoms with Crippen LogP contribution in [0.4, 0.5) is 0 Å². The van der Waals surface area contributed by atoms with Crippen molar-refractivity contribution in [3.8, 4) is 0 Å². The fourth-order valence-corrected chi connectivity index (χ4v) is 1.49. The summed E-state index contributed by atoms with van der Waals surface area (Å²) in [5.41, 5.74) is 0. The Labute approximate surface area is 94.3 Å². The van der Waals surface area contributed by atoms with Gasteiger partial charge in [0.2, 0.25) is 0 Å². The van der Waals surface area contributed by atoms with E-state index in [1.165, 1.54) is 0 Å². The molecule has 0 atom stereocenters. The van der Waals surface area contributed by atoms with Crippen LogP contribution in [0.3, 0.4) is 0 Å². The van der Waals surface area contributed by atoms with Gasteiger partial charge in [0.1, 0.15) is 11.6 Å². The smallest absolute Gasteiger partial charge is 0.148 e. The number of halogens is 1. The van der Waals surface area contributed by atoms with Gasteiger partial charge in [0.15, 0.2) is 0 Å². The van der Waals surface area contributed by atoms with Crippen molar-refractivity contribution < 1.29 is 9.47 Å². The lowest BCUT2D eigenvalue weighted by atomic mass is 10.4. The zero-order valence-electron chi connectivity index (χ0n) is 9.07. The molecular formula is C9H16ClN3O2. The van der Waals surface area contributed by atoms with E-state index in [9.17, 15) is 0 Å². The van der Waals surface area contributed by atoms with Crippen LogP contribution < -0.4 is 0 Å². The predicted octanol–water partition coefficient (Wildman–Crippen LogP) is 0.852. The summed E-state index contributed by atoms with van der Waals surface area (Å²) >= 11 is 5.76. The van der Waals surface area contributed by atoms with Gasteiger partial charge in [-0.25, -0.2) is 0 Å². The molecule has 0 aliphatic carbocycles. The molecule has 1 heterocycles. The maximum Gasteiger partial charge on any atom is 0.148 e. The zero-order chi connectivity index (χ0) is 11.1. The average Bonchev–Trinajstić information content (AvgIpc) is 2.65. The summed E-state index contributed by atoms with van der Waals surface area (Å²) in [6.07, 6.45) is 0.740. The van der Waals surface area contributed by atoms with E-state index in [0.29, 0.717) is 19.1 Å². The lowest BCUT2D eigenvalue weighted by molar-refractivity contribution is 0.181. The van der Waals surface area contributed by atoms with Crippen LogP contribution in [0.2, 0.25) is 0 Å². The van der Waals surface area contributed by atoms with Gasteiger partial charge in [0, 0.05) is 27.2 Å². The second-order valence-electron chi connectivity index (χ2n) is 3.05. The second kappa shape index (κ2) is 6.76. The van der Waals surface area contributed by atoms with Gasteiger partial charge in [0.25, 0.3) is 0 Å². The second-order valence-corrected chi connectivity index (χ2v) is 3.32. The molecule has 0 saturated heterocycles. The van der Waals surface area contributed by atoms with Crippen molar-refractivity contribution >= 4 is 11.6 Å². The number of nitrogens with zero attached hydrogens (tertiary/aromatic N) is 3. The molecule has 0 bridgehead atoms. The van der Waals surface area contributed by atoms with Crippen molar-refractivity contribution in [3.63, 3.8) is 0 Å². The fourth-order valence-electron chi connectivity index (χ4n) is 1.29. The summed E-state index contributed by atoms with van der Waals surface area (Å²) in [4.78, 5) is 0. The normalized spacial score (nSPS) is 10.9. The summed E-state index contributed by atoms with van der Waals surface area (Å²) in [6, 6.07) is 0. The molecule has 0 radical (unpaired) electrons. The van der Waals surface area contributed by atoms with E-state index >= 15 is 0 Å². The number of aromatic nitrogens is 3. The van der Waals surface area contributed by atoms with E-state index in [1.54, 1.807) is 14.2 Å². The minimum atomic E-state index is 0.365. The highest BCUT2D eigenvalue weighted by Gasteiger charge is 2.10. The van der Waals surface area contributed by atoms with E-state index in [-0.39, 0.29) is 0 Å². The monoisotopic (exact) mass is 233 g/mol. The molecule has 0 unspecified atom stereocenters. The first-order chi connectivity index (χ1) is 7.33. The van der Waals surface area contributed by atoms with Crippen LogP contribution >= 0.6 is 11.6 Å². The molecule has 0 saturated carbocycles. The molecule has 86 valence electrons. The zero-order valence-corrected chi connectivity index (χ0v) is 9.83. The van der Waals surface area contributed by atoms with Gasteiger partial charge in [-0.1, -0.05) is 0 Å². The van der Waals surface area contributed by atoms with E-state index in [4.69, 9.17) is 21.1 Å². The van der Waals surface area contributed by atoms with Gasteiger partial charge < -0.3 is 14.0 Å². The van der Waals surface area contributed by atoms with Crippen molar-refractivity contribution in [1.29, 1.82) is 0 Å². The van der Waals surface area contributed by atoms with Gasteiger partial charge in [0.05, 0.1) is 19.1 Å². The maximum atomic E-state index is 5.76. The van der Waals surface area contributed by atoms with Gasteiger partial charge >= 0.3 is 0 Å². The molecule has 15 heavy (non-hydrogen) atoms. The molecule has 0 aliphatic rings. The number of rotatable bonds is 7. The highest BCUT2D eigenvalue weighted by molar-refractivity contribution is 6.16. The topological polar surface area (TPSA) is 49.2 Å². The fraction of sp³-hybridized carbons (Fsp3) is 0.778. The molecule has 0 fully saturated rings. The highest BCUT2D eigenvalue weighted by atomic mass is 35.5. The van der Waals surface area contributed by atoms with Crippen molar-refractivity contribution in [1.82, 2.24) is 14.8 Å². The average molecular weight is 234 g/mol. The third-order valence-electron chi connectivity index (χ3n) is 2.07. The van der Waals surface area contributed by atoms with Crippen molar-refractivity contribution in [3.05, 3.63) is 11.6 Å². The minimum Gasteiger partial charge on any atom is -0.384 e. The first kappa shape index (κ1) is 12.4. The quantitative estimate of drug-likeness (QED) is 0.656. The van der Waals surface area contributed by atoms with Crippen LogP contribution in [-0.4, -0.2) is 42.2 Å². The summed E-state index contributed by atoms with van der Waals surface area (Å²) in [5.74, 6) is 2.04. The van der Waals surface area contributed by atoms with E-state index < -0.39 is 0 Å². The molecule has 0 N–H and O–H groups in total. The first-order valence-electron chi connectivity index (χ1n) is 4.78. The van der Waals surface area contributed by atoms with Gasteiger partial charge in [-0.3, -0.25) is 0 Å². The standard InChI is InChI=1S/C9H16ClN3O2/c1-14-5-3-8-11-12-9(7-10)13(8)4-6-15-2/h3-7H2,1-2H3. The van der Waals surface area contributed by atoms with Crippen LogP contribution in [0, 0.1) is 0 Å². The van der Waals surface area contributed by atoms with E-state index in [0.717, 1.165) is 24.6 Å². The molecule has 0 aliphatic heterocycles. The SMILES string of the molecule is COCCc1nnc(CCl)n1CCOC. The molecule has 5 nitrogen and oxygen atoms in total. The molecule has 0 aromatic carbocycles. The predicted molar refractivity (Wildman–Crippen MR) is 57.0 cm³/mol. The molecular weight excluding hydrogens is 218 g/mol. The number of methoxy groups -OCH3 is 2. The third kappa shape index (κ3) is 3.44. The highest BCUT2D eigenvalue weighted by Crippen LogP contribution is 2.06. The molecule has 1 aromatic rings. The largest absolute Gasteiger partial charge is 0.384 e. The Morgan fingerprint density at radius 1 is 1.13 bits per heavy atom. The van der Waals surface area contributed by atoms with Crippen molar-refractivity contribution in [2.45, 2.75) is 18.8 Å². The molecule has 6 heteroatoms. The number of alkyl halides is 1. The summed E-state index contributed by atoms with van der Waals surface area (Å²) in [6.45, 7) is 1.99. The first-order valence-corrected chi connectivity index (χ1v) is 5.31. The van der Waals surface area contributed by atoms with Crippen LogP contribution in [-0.2, 0) is 28.3 Å². The lowest BCUT2D eigenvalue weighted by Gasteiger charge is -2.07. The molecule has 0 spiro atoms. The number of hydrogen-bond acceptors (Lipinski definition) is 4. The van der Waals surface area contributed by atoms with Crippen LogP contribution in [0.15, 0.2) is 0 Å². The minimum absolute atomic E-state index is 0.365. The maximum absolute atomic E-state index is 5.76. The lowest BCUT2D eigenvalue weighted by Crippen LogP contribution is -2.12. The van der Waals surface area contributed by atoms with Crippen LogP contribution in [0.5, 0.6) is 0 Å². The van der Waals surface area contributed by atoms with Gasteiger partial charge in [-0.15, -0.1) is 21.8 Å². The Morgan fingerprint density at radius 3 is 2.40 bits per heavy atom. The van der Waals surface area contributed by atoms with Gasteiger partial charge in [-0.05, 0) is 0 Å². The summed E-state index contributed by atoms with van der Waals surface area (Å²) in [7, 11) is 3.33. The molecule has 0 amide bonds. The van der Waals surface area contributed by atoms with Crippen LogP contribution in [0.1, 0.15) is 11.6 Å². The Balaban J connectivity index is 2.70. The Morgan fingerprint density at radius 2 is 1.80 bits per heavy atom. The Hall–Kier alpha value is -0.650. The Kier molecular flexibility index (Phi) is 5.60. The molecule has 1 aromatic heterocycles. The summed E-state index contributed by atoms with van der Waals surface area (Å²) < 4.78 is 12.0. The number of ether oxygens (including phenoxy) is 2. The Bertz CT molecular complexity index is 291.